The van der Waals surface area contributed by atoms with Crippen molar-refractivity contribution in [3.8, 4) is 0 Å². The van der Waals surface area contributed by atoms with Crippen molar-refractivity contribution in [3.63, 3.8) is 0 Å². The predicted octanol–water partition coefficient (Wildman–Crippen LogP) is 4.81. The molecule has 1 aliphatic heterocycles. The standard InChI is InChI=1S/C26H32N4O2/c1-18(2)9-12-24(32)29-13-15-30(16-14-29)26-20-11-10-19(3)17-22(20)27-25(28-26)21-7-5-4-6-8-23(21)31/h4-7,10-11,17-18,31H,8-9,12-16H2,1-3H3. The van der Waals surface area contributed by atoms with Crippen LogP contribution < -0.4 is 4.90 Å². The van der Waals surface area contributed by atoms with Crippen LogP contribution in [0, 0.1) is 12.8 Å². The predicted molar refractivity (Wildman–Crippen MR) is 130 cm³/mol. The molecule has 0 atom stereocenters. The summed E-state index contributed by atoms with van der Waals surface area (Å²) in [6, 6.07) is 6.21. The number of piperazine rings is 1. The second-order valence-electron chi connectivity index (χ2n) is 9.04. The third kappa shape index (κ3) is 4.85. The van der Waals surface area contributed by atoms with Gasteiger partial charge in [0.2, 0.25) is 5.91 Å². The number of aliphatic hydroxyl groups excluding tert-OH is 1. The number of anilines is 1. The van der Waals surface area contributed by atoms with Crippen molar-refractivity contribution in [1.82, 2.24) is 14.9 Å². The Morgan fingerprint density at radius 3 is 2.66 bits per heavy atom. The Morgan fingerprint density at radius 1 is 1.12 bits per heavy atom. The summed E-state index contributed by atoms with van der Waals surface area (Å²) in [5, 5.41) is 11.6. The van der Waals surface area contributed by atoms with Crippen molar-refractivity contribution in [3.05, 3.63) is 59.7 Å². The molecule has 0 spiro atoms. The fourth-order valence-corrected chi connectivity index (χ4v) is 4.14. The second-order valence-corrected chi connectivity index (χ2v) is 9.04. The molecule has 2 aromatic rings. The van der Waals surface area contributed by atoms with Crippen molar-refractivity contribution in [1.29, 1.82) is 0 Å². The topological polar surface area (TPSA) is 69.6 Å². The van der Waals surface area contributed by atoms with Crippen LogP contribution in [-0.4, -0.2) is 52.1 Å². The number of rotatable bonds is 5. The molecule has 1 aromatic carbocycles. The number of amides is 1. The number of aliphatic hydroxyl groups is 1. The monoisotopic (exact) mass is 432 g/mol. The normalized spacial score (nSPS) is 16.9. The summed E-state index contributed by atoms with van der Waals surface area (Å²) in [7, 11) is 0. The van der Waals surface area contributed by atoms with E-state index >= 15 is 0 Å². The molecule has 1 aliphatic carbocycles. The molecule has 1 saturated heterocycles. The molecule has 2 aliphatic rings. The molecule has 0 unspecified atom stereocenters. The maximum atomic E-state index is 12.6. The van der Waals surface area contributed by atoms with E-state index < -0.39 is 0 Å². The average molecular weight is 433 g/mol. The second kappa shape index (κ2) is 9.55. The highest BCUT2D eigenvalue weighted by Gasteiger charge is 2.24. The Kier molecular flexibility index (Phi) is 6.58. The Bertz CT molecular complexity index is 1090. The van der Waals surface area contributed by atoms with E-state index in [0.717, 1.165) is 41.8 Å². The molecule has 4 rings (SSSR count). The molecule has 1 aromatic heterocycles. The number of hydrogen-bond donors (Lipinski definition) is 1. The first-order valence-electron chi connectivity index (χ1n) is 11.5. The summed E-state index contributed by atoms with van der Waals surface area (Å²) in [6.45, 7) is 9.21. The first-order chi connectivity index (χ1) is 15.4. The van der Waals surface area contributed by atoms with Gasteiger partial charge in [-0.3, -0.25) is 4.79 Å². The minimum Gasteiger partial charge on any atom is -0.511 e. The number of aromatic nitrogens is 2. The van der Waals surface area contributed by atoms with Gasteiger partial charge in [-0.1, -0.05) is 38.1 Å². The van der Waals surface area contributed by atoms with Gasteiger partial charge in [-0.05, 0) is 43.0 Å². The SMILES string of the molecule is Cc1ccc2c(N3CCN(C(=O)CCC(C)C)CC3)nc(C3=C(O)CC=CC=C3)nc2c1. The van der Waals surface area contributed by atoms with Crippen molar-refractivity contribution in [2.24, 2.45) is 5.92 Å². The van der Waals surface area contributed by atoms with Gasteiger partial charge < -0.3 is 14.9 Å². The van der Waals surface area contributed by atoms with Crippen molar-refractivity contribution >= 4 is 28.2 Å². The molecular formula is C26H32N4O2. The smallest absolute Gasteiger partial charge is 0.222 e. The molecule has 6 nitrogen and oxygen atoms in total. The zero-order valence-electron chi connectivity index (χ0n) is 19.2. The lowest BCUT2D eigenvalue weighted by molar-refractivity contribution is -0.131. The lowest BCUT2D eigenvalue weighted by Gasteiger charge is -2.36. The number of aryl methyl sites for hydroxylation is 1. The lowest BCUT2D eigenvalue weighted by atomic mass is 10.1. The van der Waals surface area contributed by atoms with Gasteiger partial charge in [0, 0.05) is 44.4 Å². The van der Waals surface area contributed by atoms with Crippen LogP contribution in [0.2, 0.25) is 0 Å². The number of hydrogen-bond acceptors (Lipinski definition) is 5. The fourth-order valence-electron chi connectivity index (χ4n) is 4.14. The zero-order valence-corrected chi connectivity index (χ0v) is 19.2. The number of nitrogens with zero attached hydrogens (tertiary/aromatic N) is 4. The number of allylic oxidation sites excluding steroid dienone is 5. The van der Waals surface area contributed by atoms with E-state index in [1.807, 2.05) is 29.2 Å². The van der Waals surface area contributed by atoms with Gasteiger partial charge in [0.15, 0.2) is 5.82 Å². The van der Waals surface area contributed by atoms with Gasteiger partial charge in [-0.15, -0.1) is 0 Å². The zero-order chi connectivity index (χ0) is 22.7. The molecule has 0 saturated carbocycles. The van der Waals surface area contributed by atoms with Gasteiger partial charge in [0.1, 0.15) is 11.6 Å². The summed E-state index contributed by atoms with van der Waals surface area (Å²) in [4.78, 5) is 26.5. The van der Waals surface area contributed by atoms with E-state index in [-0.39, 0.29) is 11.7 Å². The van der Waals surface area contributed by atoms with Crippen LogP contribution in [0.4, 0.5) is 5.82 Å². The lowest BCUT2D eigenvalue weighted by Crippen LogP contribution is -2.49. The van der Waals surface area contributed by atoms with E-state index in [4.69, 9.17) is 9.97 Å². The fraction of sp³-hybridized carbons (Fsp3) is 0.423. The highest BCUT2D eigenvalue weighted by atomic mass is 16.3. The quantitative estimate of drug-likeness (QED) is 0.734. The third-order valence-electron chi connectivity index (χ3n) is 6.07. The van der Waals surface area contributed by atoms with E-state index in [0.29, 0.717) is 43.2 Å². The van der Waals surface area contributed by atoms with E-state index in [2.05, 4.69) is 43.9 Å². The Morgan fingerprint density at radius 2 is 1.91 bits per heavy atom. The largest absolute Gasteiger partial charge is 0.511 e. The molecule has 1 N–H and O–H groups in total. The Balaban J connectivity index is 1.63. The summed E-state index contributed by atoms with van der Waals surface area (Å²) >= 11 is 0. The van der Waals surface area contributed by atoms with Crippen LogP contribution >= 0.6 is 0 Å². The summed E-state index contributed by atoms with van der Waals surface area (Å²) in [5.41, 5.74) is 2.65. The van der Waals surface area contributed by atoms with Gasteiger partial charge in [0.05, 0.1) is 11.1 Å². The number of carbonyl (C=O) groups excluding carboxylic acids is 1. The number of benzene rings is 1. The first-order valence-corrected chi connectivity index (χ1v) is 11.5. The summed E-state index contributed by atoms with van der Waals surface area (Å²) in [5.74, 6) is 2.45. The van der Waals surface area contributed by atoms with E-state index in [1.54, 1.807) is 0 Å². The maximum Gasteiger partial charge on any atom is 0.222 e. The van der Waals surface area contributed by atoms with Gasteiger partial charge in [-0.25, -0.2) is 9.97 Å². The van der Waals surface area contributed by atoms with Crippen molar-refractivity contribution in [2.45, 2.75) is 40.0 Å². The van der Waals surface area contributed by atoms with Crippen LogP contribution in [0.1, 0.15) is 44.5 Å². The Labute approximate surface area is 190 Å². The molecule has 32 heavy (non-hydrogen) atoms. The molecule has 0 bridgehead atoms. The van der Waals surface area contributed by atoms with E-state index in [9.17, 15) is 9.90 Å². The number of carbonyl (C=O) groups is 1. The summed E-state index contributed by atoms with van der Waals surface area (Å²) < 4.78 is 0. The van der Waals surface area contributed by atoms with Crippen LogP contribution in [-0.2, 0) is 4.79 Å². The number of fused-ring (bicyclic) bond motifs is 1. The first kappa shape index (κ1) is 22.1. The highest BCUT2D eigenvalue weighted by Crippen LogP contribution is 2.30. The molecule has 0 radical (unpaired) electrons. The van der Waals surface area contributed by atoms with Gasteiger partial charge >= 0.3 is 0 Å². The van der Waals surface area contributed by atoms with Crippen LogP contribution in [0.25, 0.3) is 16.5 Å². The van der Waals surface area contributed by atoms with Gasteiger partial charge in [0.25, 0.3) is 0 Å². The average Bonchev–Trinajstić information content (AvgIpc) is 3.00. The van der Waals surface area contributed by atoms with Crippen molar-refractivity contribution < 1.29 is 9.90 Å². The molecule has 6 heteroatoms. The summed E-state index contributed by atoms with van der Waals surface area (Å²) in [6.07, 6.45) is 9.62. The van der Waals surface area contributed by atoms with Crippen LogP contribution in [0.5, 0.6) is 0 Å². The Hall–Kier alpha value is -3.15. The molecule has 2 heterocycles. The molecular weight excluding hydrogens is 400 g/mol. The highest BCUT2D eigenvalue weighted by molar-refractivity contribution is 5.92. The van der Waals surface area contributed by atoms with Crippen molar-refractivity contribution in [2.75, 3.05) is 31.1 Å². The maximum absolute atomic E-state index is 12.6. The minimum absolute atomic E-state index is 0.244. The molecule has 168 valence electrons. The van der Waals surface area contributed by atoms with E-state index in [1.165, 1.54) is 0 Å². The van der Waals surface area contributed by atoms with Crippen LogP contribution in [0.15, 0.2) is 48.3 Å². The van der Waals surface area contributed by atoms with Crippen LogP contribution in [0.3, 0.4) is 0 Å². The minimum atomic E-state index is 0.244. The molecule has 1 amide bonds. The third-order valence-corrected chi connectivity index (χ3v) is 6.07. The molecule has 1 fully saturated rings. The van der Waals surface area contributed by atoms with Gasteiger partial charge in [-0.2, -0.15) is 0 Å².